The van der Waals surface area contributed by atoms with Crippen LogP contribution in [0.2, 0.25) is 0 Å². The van der Waals surface area contributed by atoms with Crippen molar-refractivity contribution in [1.29, 1.82) is 0 Å². The molecule has 0 heterocycles. The maximum Gasteiger partial charge on any atom is 0.248 e. The van der Waals surface area contributed by atoms with E-state index >= 15 is 0 Å². The van der Waals surface area contributed by atoms with Gasteiger partial charge >= 0.3 is 0 Å². The van der Waals surface area contributed by atoms with Crippen LogP contribution in [0, 0.1) is 11.6 Å². The number of rotatable bonds is 4. The van der Waals surface area contributed by atoms with Gasteiger partial charge < -0.3 is 10.1 Å². The van der Waals surface area contributed by atoms with Crippen molar-refractivity contribution in [2.75, 3.05) is 12.4 Å². The van der Waals surface area contributed by atoms with Crippen molar-refractivity contribution in [2.45, 2.75) is 0 Å². The molecule has 21 heavy (non-hydrogen) atoms. The Balaban J connectivity index is 2.09. The summed E-state index contributed by atoms with van der Waals surface area (Å²) in [5, 5.41) is 2.34. The minimum atomic E-state index is -0.825. The molecule has 0 unspecified atom stereocenters. The van der Waals surface area contributed by atoms with Gasteiger partial charge in [-0.1, -0.05) is 18.2 Å². The van der Waals surface area contributed by atoms with Crippen LogP contribution < -0.4 is 10.1 Å². The molecule has 0 fully saturated rings. The van der Waals surface area contributed by atoms with E-state index in [1.54, 1.807) is 24.3 Å². The van der Waals surface area contributed by atoms with Crippen molar-refractivity contribution >= 4 is 17.7 Å². The summed E-state index contributed by atoms with van der Waals surface area (Å²) < 4.78 is 31.3. The van der Waals surface area contributed by atoms with E-state index in [1.165, 1.54) is 19.3 Å². The lowest BCUT2D eigenvalue weighted by molar-refractivity contribution is -0.111. The van der Waals surface area contributed by atoms with E-state index in [0.29, 0.717) is 11.8 Å². The molecule has 2 aromatic carbocycles. The summed E-state index contributed by atoms with van der Waals surface area (Å²) in [5.74, 6) is -1.43. The molecule has 1 amide bonds. The fourth-order valence-electron chi connectivity index (χ4n) is 1.73. The molecule has 5 heteroatoms. The van der Waals surface area contributed by atoms with Crippen molar-refractivity contribution in [3.63, 3.8) is 0 Å². The Morgan fingerprint density at radius 3 is 2.67 bits per heavy atom. The number of halogens is 2. The zero-order valence-corrected chi connectivity index (χ0v) is 11.3. The van der Waals surface area contributed by atoms with Crippen LogP contribution in [0.1, 0.15) is 5.56 Å². The molecule has 0 spiro atoms. The molecule has 0 aliphatic carbocycles. The third kappa shape index (κ3) is 3.89. The average Bonchev–Trinajstić information content (AvgIpc) is 2.48. The number of ether oxygens (including phenoxy) is 1. The van der Waals surface area contributed by atoms with E-state index < -0.39 is 17.5 Å². The third-order valence-electron chi connectivity index (χ3n) is 2.74. The van der Waals surface area contributed by atoms with E-state index in [4.69, 9.17) is 4.74 Å². The van der Waals surface area contributed by atoms with Crippen LogP contribution in [0.5, 0.6) is 5.75 Å². The smallest absolute Gasteiger partial charge is 0.248 e. The van der Waals surface area contributed by atoms with Crippen molar-refractivity contribution in [1.82, 2.24) is 0 Å². The predicted molar refractivity (Wildman–Crippen MR) is 77.0 cm³/mol. The quantitative estimate of drug-likeness (QED) is 0.873. The summed E-state index contributed by atoms with van der Waals surface area (Å²) in [5.41, 5.74) is 0.640. The van der Waals surface area contributed by atoms with Gasteiger partial charge in [0.05, 0.1) is 12.8 Å². The highest BCUT2D eigenvalue weighted by Gasteiger charge is 2.06. The number of anilines is 1. The Morgan fingerprint density at radius 2 is 1.95 bits per heavy atom. The van der Waals surface area contributed by atoms with Gasteiger partial charge in [0.1, 0.15) is 17.4 Å². The molecule has 0 aliphatic rings. The van der Waals surface area contributed by atoms with Gasteiger partial charge in [-0.05, 0) is 24.3 Å². The summed E-state index contributed by atoms with van der Waals surface area (Å²) in [7, 11) is 1.53. The molecule has 0 atom stereocenters. The van der Waals surface area contributed by atoms with Crippen LogP contribution in [0.3, 0.4) is 0 Å². The van der Waals surface area contributed by atoms with Gasteiger partial charge in [-0.15, -0.1) is 0 Å². The SMILES string of the molecule is COc1ccccc1/C=C/C(=O)Nc1ccc(F)cc1F. The number of hydrogen-bond acceptors (Lipinski definition) is 2. The Kier molecular flexibility index (Phi) is 4.66. The molecular weight excluding hydrogens is 276 g/mol. The van der Waals surface area contributed by atoms with Crippen molar-refractivity contribution < 1.29 is 18.3 Å². The lowest BCUT2D eigenvalue weighted by Gasteiger charge is -2.05. The first-order valence-corrected chi connectivity index (χ1v) is 6.17. The van der Waals surface area contributed by atoms with Gasteiger partial charge in [0.25, 0.3) is 0 Å². The van der Waals surface area contributed by atoms with E-state index in [0.717, 1.165) is 11.6 Å². The number of carbonyl (C=O) groups is 1. The van der Waals surface area contributed by atoms with Gasteiger partial charge in [-0.3, -0.25) is 4.79 Å². The van der Waals surface area contributed by atoms with Gasteiger partial charge in [0, 0.05) is 17.7 Å². The third-order valence-corrected chi connectivity index (χ3v) is 2.74. The van der Waals surface area contributed by atoms with Crippen LogP contribution in [-0.4, -0.2) is 13.0 Å². The minimum absolute atomic E-state index is 0.0777. The number of amides is 1. The van der Waals surface area contributed by atoms with Crippen LogP contribution >= 0.6 is 0 Å². The zero-order chi connectivity index (χ0) is 15.2. The number of methoxy groups -OCH3 is 1. The highest BCUT2D eigenvalue weighted by molar-refractivity contribution is 6.02. The fourth-order valence-corrected chi connectivity index (χ4v) is 1.73. The second kappa shape index (κ2) is 6.65. The molecule has 1 N–H and O–H groups in total. The normalized spacial score (nSPS) is 10.6. The Bertz CT molecular complexity index is 684. The second-order valence-corrected chi connectivity index (χ2v) is 4.19. The highest BCUT2D eigenvalue weighted by Crippen LogP contribution is 2.19. The molecule has 0 saturated heterocycles. The topological polar surface area (TPSA) is 38.3 Å². The summed E-state index contributed by atoms with van der Waals surface area (Å²) in [4.78, 5) is 11.7. The lowest BCUT2D eigenvalue weighted by atomic mass is 10.2. The Labute approximate surface area is 120 Å². The first kappa shape index (κ1) is 14.7. The monoisotopic (exact) mass is 289 g/mol. The van der Waals surface area contributed by atoms with E-state index in [-0.39, 0.29) is 5.69 Å². The summed E-state index contributed by atoms with van der Waals surface area (Å²) in [6.07, 6.45) is 2.80. The lowest BCUT2D eigenvalue weighted by Crippen LogP contribution is -2.09. The van der Waals surface area contributed by atoms with E-state index in [9.17, 15) is 13.6 Å². The Hall–Kier alpha value is -2.69. The molecule has 0 bridgehead atoms. The number of nitrogens with one attached hydrogen (secondary N) is 1. The zero-order valence-electron chi connectivity index (χ0n) is 11.3. The standard InChI is InChI=1S/C16H13F2NO2/c1-21-15-5-3-2-4-11(15)6-9-16(20)19-14-8-7-12(17)10-13(14)18/h2-10H,1H3,(H,19,20)/b9-6+. The minimum Gasteiger partial charge on any atom is -0.496 e. The van der Waals surface area contributed by atoms with Crippen LogP contribution in [-0.2, 0) is 4.79 Å². The Morgan fingerprint density at radius 1 is 1.19 bits per heavy atom. The highest BCUT2D eigenvalue weighted by atomic mass is 19.1. The molecule has 0 aliphatic heterocycles. The van der Waals surface area contributed by atoms with E-state index in [1.807, 2.05) is 6.07 Å². The van der Waals surface area contributed by atoms with Gasteiger partial charge in [-0.25, -0.2) is 8.78 Å². The molecule has 3 nitrogen and oxygen atoms in total. The van der Waals surface area contributed by atoms with Gasteiger partial charge in [-0.2, -0.15) is 0 Å². The van der Waals surface area contributed by atoms with Crippen molar-refractivity contribution in [3.8, 4) is 5.75 Å². The summed E-state index contributed by atoms with van der Waals surface area (Å²) in [6, 6.07) is 10.1. The van der Waals surface area contributed by atoms with Gasteiger partial charge in [0.15, 0.2) is 0 Å². The summed E-state index contributed by atoms with van der Waals surface area (Å²) in [6.45, 7) is 0. The number of hydrogen-bond donors (Lipinski definition) is 1. The fraction of sp³-hybridized carbons (Fsp3) is 0.0625. The molecule has 0 radical (unpaired) electrons. The maximum atomic E-state index is 13.4. The second-order valence-electron chi connectivity index (χ2n) is 4.19. The van der Waals surface area contributed by atoms with Crippen LogP contribution in [0.4, 0.5) is 14.5 Å². The number of carbonyl (C=O) groups excluding carboxylic acids is 1. The average molecular weight is 289 g/mol. The first-order valence-electron chi connectivity index (χ1n) is 6.17. The van der Waals surface area contributed by atoms with Crippen molar-refractivity contribution in [3.05, 3.63) is 65.7 Å². The maximum absolute atomic E-state index is 13.4. The van der Waals surface area contributed by atoms with Crippen LogP contribution in [0.25, 0.3) is 6.08 Å². The van der Waals surface area contributed by atoms with E-state index in [2.05, 4.69) is 5.32 Å². The van der Waals surface area contributed by atoms with Gasteiger partial charge in [0.2, 0.25) is 5.91 Å². The molecule has 2 aromatic rings. The van der Waals surface area contributed by atoms with Crippen molar-refractivity contribution in [2.24, 2.45) is 0 Å². The molecule has 108 valence electrons. The molecule has 2 rings (SSSR count). The molecular formula is C16H13F2NO2. The largest absolute Gasteiger partial charge is 0.496 e. The van der Waals surface area contributed by atoms with Crippen LogP contribution in [0.15, 0.2) is 48.5 Å². The number of benzene rings is 2. The molecule has 0 aromatic heterocycles. The predicted octanol–water partition coefficient (Wildman–Crippen LogP) is 3.63. The first-order chi connectivity index (χ1) is 10.1. The summed E-state index contributed by atoms with van der Waals surface area (Å²) >= 11 is 0. The number of para-hydroxylation sites is 1. The molecule has 0 saturated carbocycles.